The van der Waals surface area contributed by atoms with Gasteiger partial charge in [0.15, 0.2) is 0 Å². The SMILES string of the molecule is CCCNc1nc(C)nc(OCC(C)C)c1C. The third-order valence-electron chi connectivity index (χ3n) is 2.31. The van der Waals surface area contributed by atoms with Crippen molar-refractivity contribution in [3.8, 4) is 5.88 Å². The summed E-state index contributed by atoms with van der Waals surface area (Å²) in [5, 5.41) is 3.30. The minimum absolute atomic E-state index is 0.497. The number of rotatable bonds is 6. The molecule has 0 unspecified atom stereocenters. The Hall–Kier alpha value is -1.32. The van der Waals surface area contributed by atoms with E-state index in [0.29, 0.717) is 18.4 Å². The number of aromatic nitrogens is 2. The average molecular weight is 237 g/mol. The van der Waals surface area contributed by atoms with Gasteiger partial charge in [-0.25, -0.2) is 4.98 Å². The predicted molar refractivity (Wildman–Crippen MR) is 70.6 cm³/mol. The zero-order valence-corrected chi connectivity index (χ0v) is 11.5. The molecule has 1 aromatic rings. The van der Waals surface area contributed by atoms with E-state index in [9.17, 15) is 0 Å². The minimum Gasteiger partial charge on any atom is -0.477 e. The van der Waals surface area contributed by atoms with Crippen LogP contribution in [-0.4, -0.2) is 23.1 Å². The van der Waals surface area contributed by atoms with Crippen molar-refractivity contribution in [2.45, 2.75) is 41.0 Å². The standard InChI is InChI=1S/C13H23N3O/c1-6-7-14-12-10(4)13(16-11(5)15-12)17-8-9(2)3/h9H,6-8H2,1-5H3,(H,14,15,16). The van der Waals surface area contributed by atoms with Crippen molar-refractivity contribution in [3.05, 3.63) is 11.4 Å². The number of anilines is 1. The number of aryl methyl sites for hydroxylation is 1. The second-order valence-electron chi connectivity index (χ2n) is 4.68. The van der Waals surface area contributed by atoms with Gasteiger partial charge in [0.2, 0.25) is 5.88 Å². The van der Waals surface area contributed by atoms with Crippen LogP contribution in [0.1, 0.15) is 38.6 Å². The summed E-state index contributed by atoms with van der Waals surface area (Å²) in [5.74, 6) is 2.83. The fourth-order valence-electron chi connectivity index (χ4n) is 1.40. The van der Waals surface area contributed by atoms with E-state index >= 15 is 0 Å². The number of ether oxygens (including phenoxy) is 1. The Morgan fingerprint density at radius 1 is 1.24 bits per heavy atom. The number of nitrogens with zero attached hydrogens (tertiary/aromatic N) is 2. The van der Waals surface area contributed by atoms with E-state index in [2.05, 4.69) is 36.1 Å². The molecule has 1 heterocycles. The first-order valence-corrected chi connectivity index (χ1v) is 6.26. The number of hydrogen-bond donors (Lipinski definition) is 1. The Morgan fingerprint density at radius 2 is 1.94 bits per heavy atom. The molecule has 17 heavy (non-hydrogen) atoms. The Labute approximate surface area is 104 Å². The molecular weight excluding hydrogens is 214 g/mol. The van der Waals surface area contributed by atoms with Crippen molar-refractivity contribution in [2.75, 3.05) is 18.5 Å². The summed E-state index contributed by atoms with van der Waals surface area (Å²) in [7, 11) is 0. The van der Waals surface area contributed by atoms with Gasteiger partial charge in [0.25, 0.3) is 0 Å². The maximum Gasteiger partial charge on any atom is 0.221 e. The van der Waals surface area contributed by atoms with E-state index in [1.165, 1.54) is 0 Å². The largest absolute Gasteiger partial charge is 0.477 e. The van der Waals surface area contributed by atoms with Crippen LogP contribution < -0.4 is 10.1 Å². The Bertz CT molecular complexity index is 364. The van der Waals surface area contributed by atoms with Crippen molar-refractivity contribution in [1.82, 2.24) is 9.97 Å². The molecule has 0 aliphatic heterocycles. The number of hydrogen-bond acceptors (Lipinski definition) is 4. The van der Waals surface area contributed by atoms with Gasteiger partial charge in [0, 0.05) is 6.54 Å². The molecule has 1 aromatic heterocycles. The molecular formula is C13H23N3O. The van der Waals surface area contributed by atoms with E-state index in [4.69, 9.17) is 4.74 Å². The van der Waals surface area contributed by atoms with Gasteiger partial charge in [-0.15, -0.1) is 0 Å². The molecule has 0 aliphatic carbocycles. The zero-order chi connectivity index (χ0) is 12.8. The van der Waals surface area contributed by atoms with Crippen LogP contribution in [0, 0.1) is 19.8 Å². The van der Waals surface area contributed by atoms with E-state index in [0.717, 1.165) is 30.2 Å². The summed E-state index contributed by atoms with van der Waals surface area (Å²) in [6.07, 6.45) is 1.07. The van der Waals surface area contributed by atoms with Crippen LogP contribution in [0.5, 0.6) is 5.88 Å². The topological polar surface area (TPSA) is 47.0 Å². The summed E-state index contributed by atoms with van der Waals surface area (Å²) >= 11 is 0. The molecule has 0 aliphatic rings. The van der Waals surface area contributed by atoms with E-state index in [1.807, 2.05) is 13.8 Å². The molecule has 0 saturated carbocycles. The molecule has 0 fully saturated rings. The van der Waals surface area contributed by atoms with Gasteiger partial charge < -0.3 is 10.1 Å². The molecule has 0 radical (unpaired) electrons. The maximum absolute atomic E-state index is 5.71. The van der Waals surface area contributed by atoms with Crippen LogP contribution in [0.2, 0.25) is 0 Å². The normalized spacial score (nSPS) is 10.7. The smallest absolute Gasteiger partial charge is 0.221 e. The highest BCUT2D eigenvalue weighted by molar-refractivity contribution is 5.48. The summed E-state index contributed by atoms with van der Waals surface area (Å²) in [5.41, 5.74) is 0.990. The average Bonchev–Trinajstić information content (AvgIpc) is 2.27. The lowest BCUT2D eigenvalue weighted by Crippen LogP contribution is -2.11. The first-order chi connectivity index (χ1) is 8.04. The first-order valence-electron chi connectivity index (χ1n) is 6.26. The summed E-state index contributed by atoms with van der Waals surface area (Å²) in [4.78, 5) is 8.74. The van der Waals surface area contributed by atoms with Crippen LogP contribution in [0.25, 0.3) is 0 Å². The van der Waals surface area contributed by atoms with Crippen molar-refractivity contribution >= 4 is 5.82 Å². The Morgan fingerprint density at radius 3 is 2.53 bits per heavy atom. The molecule has 0 saturated heterocycles. The molecule has 0 atom stereocenters. The van der Waals surface area contributed by atoms with Crippen LogP contribution in [0.3, 0.4) is 0 Å². The van der Waals surface area contributed by atoms with Crippen molar-refractivity contribution in [2.24, 2.45) is 5.92 Å². The van der Waals surface area contributed by atoms with Crippen LogP contribution in [0.4, 0.5) is 5.82 Å². The quantitative estimate of drug-likeness (QED) is 0.826. The predicted octanol–water partition coefficient (Wildman–Crippen LogP) is 2.95. The maximum atomic E-state index is 5.71. The second kappa shape index (κ2) is 6.42. The molecule has 0 aromatic carbocycles. The molecule has 0 amide bonds. The van der Waals surface area contributed by atoms with Gasteiger partial charge >= 0.3 is 0 Å². The lowest BCUT2D eigenvalue weighted by molar-refractivity contribution is 0.259. The highest BCUT2D eigenvalue weighted by Crippen LogP contribution is 2.22. The van der Waals surface area contributed by atoms with E-state index in [1.54, 1.807) is 0 Å². The molecule has 0 bridgehead atoms. The molecule has 4 heteroatoms. The summed E-state index contributed by atoms with van der Waals surface area (Å²) in [6, 6.07) is 0. The van der Waals surface area contributed by atoms with Crippen molar-refractivity contribution in [1.29, 1.82) is 0 Å². The summed E-state index contributed by atoms with van der Waals surface area (Å²) < 4.78 is 5.71. The Balaban J connectivity index is 2.85. The van der Waals surface area contributed by atoms with Crippen LogP contribution in [0.15, 0.2) is 0 Å². The highest BCUT2D eigenvalue weighted by atomic mass is 16.5. The van der Waals surface area contributed by atoms with Gasteiger partial charge in [-0.3, -0.25) is 0 Å². The monoisotopic (exact) mass is 237 g/mol. The van der Waals surface area contributed by atoms with Crippen molar-refractivity contribution < 1.29 is 4.74 Å². The van der Waals surface area contributed by atoms with Crippen LogP contribution >= 0.6 is 0 Å². The fourth-order valence-corrected chi connectivity index (χ4v) is 1.40. The molecule has 1 N–H and O–H groups in total. The molecule has 4 nitrogen and oxygen atoms in total. The van der Waals surface area contributed by atoms with Gasteiger partial charge in [-0.2, -0.15) is 4.98 Å². The fraction of sp³-hybridized carbons (Fsp3) is 0.692. The van der Waals surface area contributed by atoms with Crippen molar-refractivity contribution in [3.63, 3.8) is 0 Å². The van der Waals surface area contributed by atoms with Gasteiger partial charge in [-0.1, -0.05) is 20.8 Å². The highest BCUT2D eigenvalue weighted by Gasteiger charge is 2.10. The molecule has 1 rings (SSSR count). The van der Waals surface area contributed by atoms with E-state index in [-0.39, 0.29) is 0 Å². The minimum atomic E-state index is 0.497. The van der Waals surface area contributed by atoms with E-state index < -0.39 is 0 Å². The molecule has 96 valence electrons. The summed E-state index contributed by atoms with van der Waals surface area (Å²) in [6.45, 7) is 11.9. The van der Waals surface area contributed by atoms with Gasteiger partial charge in [-0.05, 0) is 26.2 Å². The second-order valence-corrected chi connectivity index (χ2v) is 4.68. The third-order valence-corrected chi connectivity index (χ3v) is 2.31. The van der Waals surface area contributed by atoms with Crippen LogP contribution in [-0.2, 0) is 0 Å². The lowest BCUT2D eigenvalue weighted by Gasteiger charge is -2.14. The zero-order valence-electron chi connectivity index (χ0n) is 11.5. The lowest BCUT2D eigenvalue weighted by atomic mass is 10.2. The molecule has 0 spiro atoms. The number of nitrogens with one attached hydrogen (secondary N) is 1. The van der Waals surface area contributed by atoms with Gasteiger partial charge in [0.05, 0.1) is 12.2 Å². The Kier molecular flexibility index (Phi) is 5.19. The first kappa shape index (κ1) is 13.7. The third kappa shape index (κ3) is 4.21. The van der Waals surface area contributed by atoms with Gasteiger partial charge in [0.1, 0.15) is 11.6 Å².